The normalized spacial score (nSPS) is 17.2. The zero-order valence-electron chi connectivity index (χ0n) is 16.4. The summed E-state index contributed by atoms with van der Waals surface area (Å²) in [6.45, 7) is 4.34. The number of carbonyl (C=O) groups is 1. The van der Waals surface area contributed by atoms with Gasteiger partial charge < -0.3 is 14.6 Å². The van der Waals surface area contributed by atoms with Crippen LogP contribution in [0.3, 0.4) is 0 Å². The molecule has 0 radical (unpaired) electrons. The number of hydrogen-bond donors (Lipinski definition) is 1. The maximum absolute atomic E-state index is 12.5. The summed E-state index contributed by atoms with van der Waals surface area (Å²) < 4.78 is 11.0. The highest BCUT2D eigenvalue weighted by Gasteiger charge is 2.27. The number of nitrogens with zero attached hydrogens (tertiary/aromatic N) is 3. The molecule has 0 saturated carbocycles. The van der Waals surface area contributed by atoms with Crippen LogP contribution in [0.1, 0.15) is 17.9 Å². The Bertz CT molecular complexity index is 940. The molecule has 150 valence electrons. The van der Waals surface area contributed by atoms with Crippen molar-refractivity contribution in [3.05, 3.63) is 66.1 Å². The van der Waals surface area contributed by atoms with Crippen LogP contribution in [0.4, 0.5) is 5.69 Å². The number of anilines is 1. The molecular formula is C22H24N4O3. The summed E-state index contributed by atoms with van der Waals surface area (Å²) >= 11 is 0. The first-order valence-corrected chi connectivity index (χ1v) is 9.74. The maximum Gasteiger partial charge on any atom is 0.241 e. The molecule has 2 aromatic carbocycles. The third kappa shape index (κ3) is 5.07. The number of rotatable bonds is 6. The van der Waals surface area contributed by atoms with Gasteiger partial charge in [0.15, 0.2) is 0 Å². The highest BCUT2D eigenvalue weighted by atomic mass is 16.5. The topological polar surface area (TPSA) is 80.5 Å². The third-order valence-corrected chi connectivity index (χ3v) is 4.94. The fourth-order valence-corrected chi connectivity index (χ4v) is 3.35. The second-order valence-corrected chi connectivity index (χ2v) is 7.20. The van der Waals surface area contributed by atoms with Gasteiger partial charge >= 0.3 is 0 Å². The maximum atomic E-state index is 12.5. The number of aryl methyl sites for hydroxylation is 1. The number of amides is 1. The first-order valence-electron chi connectivity index (χ1n) is 9.74. The van der Waals surface area contributed by atoms with E-state index in [-0.39, 0.29) is 11.9 Å². The average Bonchev–Trinajstić information content (AvgIpc) is 3.20. The van der Waals surface area contributed by atoms with Crippen molar-refractivity contribution < 1.29 is 14.1 Å². The zero-order chi connectivity index (χ0) is 20.1. The minimum atomic E-state index is -0.0405. The first kappa shape index (κ1) is 19.3. The Morgan fingerprint density at radius 1 is 1.17 bits per heavy atom. The van der Waals surface area contributed by atoms with Gasteiger partial charge in [-0.25, -0.2) is 0 Å². The summed E-state index contributed by atoms with van der Waals surface area (Å²) in [4.78, 5) is 19.2. The van der Waals surface area contributed by atoms with E-state index >= 15 is 0 Å². The van der Waals surface area contributed by atoms with Crippen molar-refractivity contribution in [3.8, 4) is 11.4 Å². The lowest BCUT2D eigenvalue weighted by Crippen LogP contribution is -2.46. The molecule has 0 aliphatic carbocycles. The van der Waals surface area contributed by atoms with Crippen molar-refractivity contribution in [2.75, 3.05) is 25.1 Å². The van der Waals surface area contributed by atoms with Crippen LogP contribution in [-0.4, -0.2) is 46.7 Å². The Labute approximate surface area is 169 Å². The molecule has 1 amide bonds. The Balaban J connectivity index is 1.38. The van der Waals surface area contributed by atoms with Gasteiger partial charge in [0.25, 0.3) is 0 Å². The first-order chi connectivity index (χ1) is 14.2. The summed E-state index contributed by atoms with van der Waals surface area (Å²) in [6.07, 6.45) is 0.341. The minimum absolute atomic E-state index is 0.0372. The molecule has 0 spiro atoms. The highest BCUT2D eigenvalue weighted by molar-refractivity contribution is 5.91. The van der Waals surface area contributed by atoms with E-state index in [0.717, 1.165) is 16.8 Å². The largest absolute Gasteiger partial charge is 0.378 e. The standard InChI is InChI=1S/C22H24N4O3/c1-16-7-9-18(10-8-16)23-20(27)13-19-15-28-12-11-26(19)14-21-24-22(25-29-21)17-5-3-2-4-6-17/h2-10,19H,11-15H2,1H3,(H,23,27). The molecule has 1 N–H and O–H groups in total. The molecular weight excluding hydrogens is 368 g/mol. The molecule has 1 aromatic heterocycles. The van der Waals surface area contributed by atoms with Crippen molar-refractivity contribution >= 4 is 11.6 Å². The second kappa shape index (κ2) is 8.98. The number of carbonyl (C=O) groups excluding carboxylic acids is 1. The van der Waals surface area contributed by atoms with E-state index in [9.17, 15) is 4.79 Å². The Morgan fingerprint density at radius 3 is 2.76 bits per heavy atom. The zero-order valence-corrected chi connectivity index (χ0v) is 16.4. The van der Waals surface area contributed by atoms with Gasteiger partial charge in [-0.2, -0.15) is 4.98 Å². The summed E-state index contributed by atoms with van der Waals surface area (Å²) in [5, 5.41) is 7.03. The van der Waals surface area contributed by atoms with Gasteiger partial charge in [0.2, 0.25) is 17.6 Å². The molecule has 29 heavy (non-hydrogen) atoms. The minimum Gasteiger partial charge on any atom is -0.378 e. The van der Waals surface area contributed by atoms with E-state index in [1.54, 1.807) is 0 Å². The fraction of sp³-hybridized carbons (Fsp3) is 0.318. The van der Waals surface area contributed by atoms with Crippen molar-refractivity contribution in [3.63, 3.8) is 0 Å². The number of hydrogen-bond acceptors (Lipinski definition) is 6. The predicted octanol–water partition coefficient (Wildman–Crippen LogP) is 3.27. The Kier molecular flexibility index (Phi) is 5.97. The van der Waals surface area contributed by atoms with Crippen molar-refractivity contribution in [1.29, 1.82) is 0 Å². The molecule has 0 bridgehead atoms. The number of ether oxygens (including phenoxy) is 1. The molecule has 1 unspecified atom stereocenters. The molecule has 7 nitrogen and oxygen atoms in total. The van der Waals surface area contributed by atoms with Crippen LogP contribution in [0, 0.1) is 6.92 Å². The lowest BCUT2D eigenvalue weighted by atomic mass is 10.1. The van der Waals surface area contributed by atoms with Gasteiger partial charge in [-0.1, -0.05) is 53.2 Å². The summed E-state index contributed by atoms with van der Waals surface area (Å²) in [5.41, 5.74) is 2.87. The van der Waals surface area contributed by atoms with Crippen LogP contribution < -0.4 is 5.32 Å². The number of nitrogens with one attached hydrogen (secondary N) is 1. The van der Waals surface area contributed by atoms with Crippen LogP contribution >= 0.6 is 0 Å². The van der Waals surface area contributed by atoms with E-state index < -0.39 is 0 Å². The molecule has 1 fully saturated rings. The fourth-order valence-electron chi connectivity index (χ4n) is 3.35. The van der Waals surface area contributed by atoms with Gasteiger partial charge in [-0.15, -0.1) is 0 Å². The third-order valence-electron chi connectivity index (χ3n) is 4.94. The van der Waals surface area contributed by atoms with Crippen LogP contribution in [0.25, 0.3) is 11.4 Å². The van der Waals surface area contributed by atoms with Crippen molar-refractivity contribution in [2.45, 2.75) is 25.9 Å². The molecule has 4 rings (SSSR count). The van der Waals surface area contributed by atoms with Crippen LogP contribution in [0.5, 0.6) is 0 Å². The molecule has 1 aliphatic heterocycles. The summed E-state index contributed by atoms with van der Waals surface area (Å²) in [6, 6.07) is 17.5. The molecule has 1 saturated heterocycles. The van der Waals surface area contributed by atoms with Gasteiger partial charge in [0.05, 0.1) is 19.8 Å². The highest BCUT2D eigenvalue weighted by Crippen LogP contribution is 2.19. The van der Waals surface area contributed by atoms with Gasteiger partial charge in [0.1, 0.15) is 0 Å². The SMILES string of the molecule is Cc1ccc(NC(=O)CC2COCCN2Cc2nc(-c3ccccc3)no2)cc1. The number of morpholine rings is 1. The van der Waals surface area contributed by atoms with Crippen LogP contribution in [0.15, 0.2) is 59.1 Å². The lowest BCUT2D eigenvalue weighted by molar-refractivity contribution is -0.119. The summed E-state index contributed by atoms with van der Waals surface area (Å²) in [5.74, 6) is 1.07. The Morgan fingerprint density at radius 2 is 1.97 bits per heavy atom. The van der Waals surface area contributed by atoms with Crippen molar-refractivity contribution in [2.24, 2.45) is 0 Å². The van der Waals surface area contributed by atoms with E-state index in [4.69, 9.17) is 9.26 Å². The Hall–Kier alpha value is -3.03. The number of benzene rings is 2. The quantitative estimate of drug-likeness (QED) is 0.693. The molecule has 3 aromatic rings. The van der Waals surface area contributed by atoms with Gasteiger partial charge in [-0.05, 0) is 19.1 Å². The molecule has 1 aliphatic rings. The van der Waals surface area contributed by atoms with Gasteiger partial charge in [-0.3, -0.25) is 9.69 Å². The number of aromatic nitrogens is 2. The second-order valence-electron chi connectivity index (χ2n) is 7.20. The van der Waals surface area contributed by atoms with Crippen LogP contribution in [0.2, 0.25) is 0 Å². The average molecular weight is 392 g/mol. The summed E-state index contributed by atoms with van der Waals surface area (Å²) in [7, 11) is 0. The van der Waals surface area contributed by atoms with Crippen LogP contribution in [-0.2, 0) is 16.1 Å². The van der Waals surface area contributed by atoms with E-state index in [2.05, 4.69) is 20.4 Å². The van der Waals surface area contributed by atoms with E-state index in [1.807, 2.05) is 61.5 Å². The molecule has 2 heterocycles. The monoisotopic (exact) mass is 392 g/mol. The smallest absolute Gasteiger partial charge is 0.241 e. The predicted molar refractivity (Wildman–Crippen MR) is 109 cm³/mol. The van der Waals surface area contributed by atoms with Gasteiger partial charge in [0, 0.05) is 30.3 Å². The van der Waals surface area contributed by atoms with Crippen molar-refractivity contribution in [1.82, 2.24) is 15.0 Å². The van der Waals surface area contributed by atoms with E-state index in [1.165, 1.54) is 0 Å². The molecule has 1 atom stereocenters. The lowest BCUT2D eigenvalue weighted by Gasteiger charge is -2.34. The molecule has 7 heteroatoms. The van der Waals surface area contributed by atoms with E-state index in [0.29, 0.717) is 44.4 Å².